The van der Waals surface area contributed by atoms with Crippen molar-refractivity contribution in [3.63, 3.8) is 0 Å². The number of hydrogen-bond donors (Lipinski definition) is 5. The Hall–Kier alpha value is -1.24. The molecule has 0 saturated carbocycles. The van der Waals surface area contributed by atoms with Crippen LogP contribution in [0.15, 0.2) is 12.7 Å². The number of nitrogens with zero attached hydrogens (tertiary/aromatic N) is 3. The molecule has 2 aromatic heterocycles. The van der Waals surface area contributed by atoms with E-state index in [1.165, 1.54) is 17.2 Å². The number of H-pyrrole nitrogens is 1. The summed E-state index contributed by atoms with van der Waals surface area (Å²) >= 11 is 5.16. The number of rotatable bonds is 9. The maximum Gasteiger partial charge on any atom is 0.359 e. The van der Waals surface area contributed by atoms with Crippen molar-refractivity contribution in [2.45, 2.75) is 88.9 Å². The van der Waals surface area contributed by atoms with Crippen LogP contribution < -0.4 is 0 Å². The van der Waals surface area contributed by atoms with Crippen LogP contribution in [0, 0.1) is 4.64 Å². The van der Waals surface area contributed by atoms with Crippen LogP contribution in [-0.4, -0.2) is 69.0 Å². The topological polar surface area (TPSA) is 163 Å². The molecule has 1 aliphatic heterocycles. The summed E-state index contributed by atoms with van der Waals surface area (Å²) in [6, 6.07) is 0. The van der Waals surface area contributed by atoms with Crippen molar-refractivity contribution < 1.29 is 34.0 Å². The third kappa shape index (κ3) is 4.43. The van der Waals surface area contributed by atoms with E-state index in [1.54, 1.807) is 27.7 Å². The van der Waals surface area contributed by atoms with Crippen LogP contribution in [0.1, 0.15) is 59.6 Å². The average molecular weight is 491 g/mol. The minimum atomic E-state index is -4.43. The van der Waals surface area contributed by atoms with E-state index in [0.29, 0.717) is 17.6 Å². The molecule has 0 aliphatic carbocycles. The zero-order valence-electron chi connectivity index (χ0n) is 18.5. The Bertz CT molecular complexity index is 1060. The number of imidazole rings is 1. The van der Waals surface area contributed by atoms with Crippen LogP contribution in [0.2, 0.25) is 0 Å². The van der Waals surface area contributed by atoms with Crippen molar-refractivity contribution >= 4 is 31.0 Å². The van der Waals surface area contributed by atoms with Gasteiger partial charge in [-0.2, -0.15) is 0 Å². The van der Waals surface area contributed by atoms with Crippen molar-refractivity contribution in [2.24, 2.45) is 0 Å². The molecule has 1 saturated heterocycles. The molecule has 1 aliphatic rings. The Kier molecular flexibility index (Phi) is 7.29. The van der Waals surface area contributed by atoms with Crippen LogP contribution in [0.25, 0.3) is 11.2 Å². The summed E-state index contributed by atoms with van der Waals surface area (Å²) in [5, 5.41) is 30.0. The Morgan fingerprint density at radius 1 is 1.25 bits per heavy atom. The summed E-state index contributed by atoms with van der Waals surface area (Å²) in [5.74, 6) is 0. The summed E-state index contributed by atoms with van der Waals surface area (Å²) in [7, 11) is -4.43. The van der Waals surface area contributed by atoms with Gasteiger partial charge in [0, 0.05) is 6.42 Å². The molecule has 1 fully saturated rings. The first kappa shape index (κ1) is 25.4. The monoisotopic (exact) mass is 490 g/mol. The zero-order chi connectivity index (χ0) is 23.9. The smallest absolute Gasteiger partial charge is 0.359 e. The first-order valence-electron chi connectivity index (χ1n) is 10.6. The second-order valence-electron chi connectivity index (χ2n) is 8.41. The number of aromatic amines is 1. The molecule has 3 heterocycles. The molecule has 3 rings (SSSR count). The lowest BCUT2D eigenvalue weighted by Gasteiger charge is -2.38. The molecule has 5 N–H and O–H groups in total. The van der Waals surface area contributed by atoms with Gasteiger partial charge in [0.25, 0.3) is 0 Å². The highest BCUT2D eigenvalue weighted by molar-refractivity contribution is 7.71. The second-order valence-corrected chi connectivity index (χ2v) is 10.9. The third-order valence-corrected chi connectivity index (χ3v) is 9.05. The summed E-state index contributed by atoms with van der Waals surface area (Å²) in [5.41, 5.74) is -0.297. The van der Waals surface area contributed by atoms with Gasteiger partial charge in [-0.25, -0.2) is 9.97 Å². The molecule has 13 heteroatoms. The fourth-order valence-electron chi connectivity index (χ4n) is 3.90. The Morgan fingerprint density at radius 2 is 1.91 bits per heavy atom. The largest absolute Gasteiger partial charge is 0.388 e. The van der Waals surface area contributed by atoms with Gasteiger partial charge in [-0.05, 0) is 26.2 Å². The molecule has 0 bridgehead atoms. The van der Waals surface area contributed by atoms with Crippen molar-refractivity contribution in [2.75, 3.05) is 0 Å². The van der Waals surface area contributed by atoms with Crippen LogP contribution in [0.3, 0.4) is 0 Å². The van der Waals surface area contributed by atoms with Crippen LogP contribution >= 0.6 is 19.8 Å². The van der Waals surface area contributed by atoms with Crippen molar-refractivity contribution in [3.05, 3.63) is 17.3 Å². The SMILES string of the molecule is CCC(C)(CC1OC(n2cnc3c(=S)nc[nH]c32)C(O)C1O)OP(=O)(O)C(O)(CC)CC. The van der Waals surface area contributed by atoms with Crippen molar-refractivity contribution in [1.29, 1.82) is 0 Å². The highest BCUT2D eigenvalue weighted by Crippen LogP contribution is 2.60. The van der Waals surface area contributed by atoms with E-state index >= 15 is 0 Å². The highest BCUT2D eigenvalue weighted by Gasteiger charge is 2.51. The molecule has 32 heavy (non-hydrogen) atoms. The standard InChI is InChI=1S/C19H31N4O7PS/c1-5-18(4,30-31(27,28)19(26,6-2)7-3)8-11-13(24)14(25)17(29-11)23-10-22-12-15(23)20-9-21-16(12)32/h9-11,13-14,17,24-26H,5-8H2,1-4H3,(H,27,28)(H,20,21,32). The zero-order valence-corrected chi connectivity index (χ0v) is 20.2. The Labute approximate surface area is 191 Å². The number of nitrogens with one attached hydrogen (secondary N) is 1. The van der Waals surface area contributed by atoms with Gasteiger partial charge in [0.1, 0.15) is 23.4 Å². The Morgan fingerprint density at radius 3 is 2.50 bits per heavy atom. The number of hydrogen-bond acceptors (Lipinski definition) is 9. The molecule has 6 unspecified atom stereocenters. The quantitative estimate of drug-likeness (QED) is 0.260. The van der Waals surface area contributed by atoms with E-state index in [2.05, 4.69) is 15.0 Å². The molecular formula is C19H31N4O7PS. The van der Waals surface area contributed by atoms with E-state index in [4.69, 9.17) is 21.5 Å². The number of aliphatic hydroxyl groups is 3. The summed E-state index contributed by atoms with van der Waals surface area (Å²) in [6.07, 6.45) is -1.21. The van der Waals surface area contributed by atoms with Gasteiger partial charge in [-0.1, -0.05) is 33.0 Å². The number of fused-ring (bicyclic) bond motifs is 1. The molecular weight excluding hydrogens is 459 g/mol. The van der Waals surface area contributed by atoms with Gasteiger partial charge in [-0.15, -0.1) is 0 Å². The second kappa shape index (κ2) is 9.19. The number of ether oxygens (including phenoxy) is 1. The van der Waals surface area contributed by atoms with E-state index in [9.17, 15) is 24.8 Å². The molecule has 0 spiro atoms. The first-order chi connectivity index (χ1) is 14.9. The van der Waals surface area contributed by atoms with E-state index < -0.39 is 43.1 Å². The van der Waals surface area contributed by atoms with Gasteiger partial charge in [0.05, 0.1) is 24.4 Å². The van der Waals surface area contributed by atoms with Crippen LogP contribution in [0.4, 0.5) is 0 Å². The lowest BCUT2D eigenvalue weighted by molar-refractivity contribution is -0.0696. The van der Waals surface area contributed by atoms with E-state index in [0.717, 1.165) is 0 Å². The minimum Gasteiger partial charge on any atom is -0.388 e. The third-order valence-electron chi connectivity index (χ3n) is 6.37. The molecule has 0 radical (unpaired) electrons. The van der Waals surface area contributed by atoms with E-state index in [1.807, 2.05) is 0 Å². The van der Waals surface area contributed by atoms with Crippen molar-refractivity contribution in [1.82, 2.24) is 19.5 Å². The van der Waals surface area contributed by atoms with Gasteiger partial charge < -0.3 is 34.5 Å². The van der Waals surface area contributed by atoms with Gasteiger partial charge in [-0.3, -0.25) is 9.13 Å². The minimum absolute atomic E-state index is 0.0104. The van der Waals surface area contributed by atoms with Gasteiger partial charge in [0.2, 0.25) is 0 Å². The molecule has 0 aromatic carbocycles. The van der Waals surface area contributed by atoms with Crippen molar-refractivity contribution in [3.8, 4) is 0 Å². The van der Waals surface area contributed by atoms with Gasteiger partial charge in [0.15, 0.2) is 16.2 Å². The van der Waals surface area contributed by atoms with Crippen LogP contribution in [-0.2, 0) is 13.8 Å². The molecule has 11 nitrogen and oxygen atoms in total. The fourth-order valence-corrected chi connectivity index (χ4v) is 5.87. The fraction of sp³-hybridized carbons (Fsp3) is 0.737. The molecule has 0 amide bonds. The van der Waals surface area contributed by atoms with E-state index in [-0.39, 0.29) is 23.9 Å². The predicted molar refractivity (Wildman–Crippen MR) is 118 cm³/mol. The number of aromatic nitrogens is 4. The summed E-state index contributed by atoms with van der Waals surface area (Å²) in [4.78, 5) is 21.6. The first-order valence-corrected chi connectivity index (χ1v) is 12.6. The van der Waals surface area contributed by atoms with Crippen LogP contribution in [0.5, 0.6) is 0 Å². The molecule has 6 atom stereocenters. The normalized spacial score (nSPS) is 28.0. The predicted octanol–water partition coefficient (Wildman–Crippen LogP) is 2.38. The number of aliphatic hydroxyl groups excluding tert-OH is 2. The average Bonchev–Trinajstić information content (AvgIpc) is 3.30. The lowest BCUT2D eigenvalue weighted by Crippen LogP contribution is -2.40. The lowest BCUT2D eigenvalue weighted by atomic mass is 9.93. The highest BCUT2D eigenvalue weighted by atomic mass is 32.1. The summed E-state index contributed by atoms with van der Waals surface area (Å²) < 4.78 is 26.3. The van der Waals surface area contributed by atoms with Gasteiger partial charge >= 0.3 is 7.60 Å². The maximum atomic E-state index is 12.9. The Balaban J connectivity index is 1.84. The molecule has 180 valence electrons. The summed E-state index contributed by atoms with van der Waals surface area (Å²) in [6.45, 7) is 6.61. The molecule has 2 aromatic rings. The maximum absolute atomic E-state index is 12.9.